The maximum absolute atomic E-state index is 11.9. The molecule has 0 bridgehead atoms. The molecule has 2 aromatic rings. The molecule has 1 N–H and O–H groups in total. The smallest absolute Gasteiger partial charge is 0.293 e. The Morgan fingerprint density at radius 1 is 1.30 bits per heavy atom. The van der Waals surface area contributed by atoms with Gasteiger partial charge in [0.25, 0.3) is 11.6 Å². The fourth-order valence-electron chi connectivity index (χ4n) is 2.81. The number of likely N-dealkylation sites (N-methyl/N-ethyl adjacent to an activating group) is 1. The van der Waals surface area contributed by atoms with Gasteiger partial charge >= 0.3 is 0 Å². The molecule has 1 aliphatic rings. The van der Waals surface area contributed by atoms with Crippen molar-refractivity contribution in [1.82, 2.24) is 15.3 Å². The van der Waals surface area contributed by atoms with Crippen LogP contribution in [0.2, 0.25) is 0 Å². The van der Waals surface area contributed by atoms with E-state index in [4.69, 9.17) is 0 Å². The van der Waals surface area contributed by atoms with Crippen LogP contribution in [0.3, 0.4) is 0 Å². The molecule has 1 aromatic carbocycles. The predicted molar refractivity (Wildman–Crippen MR) is 102 cm³/mol. The van der Waals surface area contributed by atoms with Crippen molar-refractivity contribution in [3.63, 3.8) is 0 Å². The summed E-state index contributed by atoms with van der Waals surface area (Å²) in [6.07, 6.45) is 4.39. The van der Waals surface area contributed by atoms with E-state index >= 15 is 0 Å². The normalized spacial score (nSPS) is 15.1. The van der Waals surface area contributed by atoms with Crippen molar-refractivity contribution in [2.24, 2.45) is 5.10 Å². The molecule has 1 fully saturated rings. The van der Waals surface area contributed by atoms with Crippen LogP contribution in [-0.4, -0.2) is 60.2 Å². The molecule has 3 rings (SSSR count). The van der Waals surface area contributed by atoms with Crippen molar-refractivity contribution in [2.75, 3.05) is 38.1 Å². The molecule has 9 nitrogen and oxygen atoms in total. The summed E-state index contributed by atoms with van der Waals surface area (Å²) in [5, 5.41) is 15.4. The molecule has 140 valence electrons. The maximum atomic E-state index is 11.9. The number of pyridine rings is 1. The van der Waals surface area contributed by atoms with Crippen LogP contribution in [0.25, 0.3) is 0 Å². The SMILES string of the molecule is CN1CCN(c2ccc(/C=N\NC(=O)c3cccnc3)cc2[N+](=O)[O-])CC1. The summed E-state index contributed by atoms with van der Waals surface area (Å²) >= 11 is 0. The monoisotopic (exact) mass is 368 g/mol. The number of piperazine rings is 1. The molecular formula is C18H20N6O3. The van der Waals surface area contributed by atoms with Crippen molar-refractivity contribution in [1.29, 1.82) is 0 Å². The number of nitro benzene ring substituents is 1. The number of hydrogen-bond acceptors (Lipinski definition) is 7. The first-order chi connectivity index (χ1) is 13.0. The highest BCUT2D eigenvalue weighted by Crippen LogP contribution is 2.29. The van der Waals surface area contributed by atoms with E-state index < -0.39 is 5.91 Å². The number of hydrogen-bond donors (Lipinski definition) is 1. The lowest BCUT2D eigenvalue weighted by atomic mass is 10.1. The first-order valence-corrected chi connectivity index (χ1v) is 8.50. The number of anilines is 1. The van der Waals surface area contributed by atoms with Crippen LogP contribution in [0.4, 0.5) is 11.4 Å². The Balaban J connectivity index is 1.72. The average Bonchev–Trinajstić information content (AvgIpc) is 2.69. The molecule has 0 atom stereocenters. The van der Waals surface area contributed by atoms with Crippen LogP contribution in [0.5, 0.6) is 0 Å². The van der Waals surface area contributed by atoms with Crippen molar-refractivity contribution < 1.29 is 9.72 Å². The first-order valence-electron chi connectivity index (χ1n) is 8.50. The summed E-state index contributed by atoms with van der Waals surface area (Å²) in [4.78, 5) is 31.1. The molecule has 1 aromatic heterocycles. The van der Waals surface area contributed by atoms with Gasteiger partial charge in [-0.05, 0) is 25.2 Å². The topological polar surface area (TPSA) is 104 Å². The van der Waals surface area contributed by atoms with Gasteiger partial charge in [-0.2, -0.15) is 5.10 Å². The minimum atomic E-state index is -0.400. The Bertz CT molecular complexity index is 847. The lowest BCUT2D eigenvalue weighted by molar-refractivity contribution is -0.384. The Labute approximate surface area is 156 Å². The zero-order chi connectivity index (χ0) is 19.2. The summed E-state index contributed by atoms with van der Waals surface area (Å²) in [6.45, 7) is 3.21. The number of carbonyl (C=O) groups excluding carboxylic acids is 1. The molecule has 2 heterocycles. The molecule has 1 saturated heterocycles. The lowest BCUT2D eigenvalue weighted by Crippen LogP contribution is -2.44. The molecule has 0 radical (unpaired) electrons. The van der Waals surface area contributed by atoms with E-state index in [1.165, 1.54) is 18.5 Å². The van der Waals surface area contributed by atoms with Crippen molar-refractivity contribution >= 4 is 23.5 Å². The number of carbonyl (C=O) groups is 1. The highest BCUT2D eigenvalue weighted by molar-refractivity contribution is 5.94. The van der Waals surface area contributed by atoms with Crippen LogP contribution < -0.4 is 10.3 Å². The van der Waals surface area contributed by atoms with Gasteiger partial charge in [-0.3, -0.25) is 19.9 Å². The Hall–Kier alpha value is -3.33. The largest absolute Gasteiger partial charge is 0.363 e. The summed E-state index contributed by atoms with van der Waals surface area (Å²) in [5.74, 6) is -0.400. The zero-order valence-corrected chi connectivity index (χ0v) is 14.9. The third-order valence-corrected chi connectivity index (χ3v) is 4.34. The number of aromatic nitrogens is 1. The number of benzene rings is 1. The standard InChI is InChI=1S/C18H20N6O3/c1-22-7-9-23(10-8-22)16-5-4-14(11-17(16)24(26)27)12-20-21-18(25)15-3-2-6-19-13-15/h2-6,11-13H,7-10H2,1H3,(H,21,25)/b20-12-. The van der Waals surface area contributed by atoms with Gasteiger partial charge in [0.05, 0.1) is 16.7 Å². The van der Waals surface area contributed by atoms with Crippen LogP contribution in [-0.2, 0) is 0 Å². The van der Waals surface area contributed by atoms with Gasteiger partial charge in [0.15, 0.2) is 0 Å². The van der Waals surface area contributed by atoms with E-state index in [9.17, 15) is 14.9 Å². The quantitative estimate of drug-likeness (QED) is 0.487. The zero-order valence-electron chi connectivity index (χ0n) is 14.9. The molecule has 9 heteroatoms. The van der Waals surface area contributed by atoms with Gasteiger partial charge in [-0.1, -0.05) is 6.07 Å². The summed E-state index contributed by atoms with van der Waals surface area (Å²) in [7, 11) is 2.03. The minimum Gasteiger partial charge on any atom is -0.363 e. The number of nitrogens with zero attached hydrogens (tertiary/aromatic N) is 5. The number of amides is 1. The molecule has 1 aliphatic heterocycles. The van der Waals surface area contributed by atoms with E-state index in [1.807, 2.05) is 11.9 Å². The second-order valence-corrected chi connectivity index (χ2v) is 6.24. The Kier molecular flexibility index (Phi) is 5.72. The van der Waals surface area contributed by atoms with Crippen molar-refractivity contribution in [2.45, 2.75) is 0 Å². The molecule has 1 amide bonds. The Morgan fingerprint density at radius 3 is 2.74 bits per heavy atom. The third-order valence-electron chi connectivity index (χ3n) is 4.34. The second-order valence-electron chi connectivity index (χ2n) is 6.24. The highest BCUT2D eigenvalue weighted by Gasteiger charge is 2.22. The van der Waals surface area contributed by atoms with E-state index in [2.05, 4.69) is 20.4 Å². The summed E-state index contributed by atoms with van der Waals surface area (Å²) in [5.41, 5.74) is 3.93. The molecule has 0 unspecified atom stereocenters. The molecule has 27 heavy (non-hydrogen) atoms. The third kappa shape index (κ3) is 4.64. The maximum Gasteiger partial charge on any atom is 0.293 e. The fraction of sp³-hybridized carbons (Fsp3) is 0.278. The van der Waals surface area contributed by atoms with Gasteiger partial charge < -0.3 is 9.80 Å². The Morgan fingerprint density at radius 2 is 2.07 bits per heavy atom. The van der Waals surface area contributed by atoms with Crippen LogP contribution in [0.15, 0.2) is 47.8 Å². The van der Waals surface area contributed by atoms with Crippen molar-refractivity contribution in [3.8, 4) is 0 Å². The summed E-state index contributed by atoms with van der Waals surface area (Å²) < 4.78 is 0. The number of nitro groups is 1. The first kappa shape index (κ1) is 18.5. The molecule has 0 spiro atoms. The molecule has 0 aliphatic carbocycles. The number of nitrogens with one attached hydrogen (secondary N) is 1. The van der Waals surface area contributed by atoms with Crippen LogP contribution >= 0.6 is 0 Å². The summed E-state index contributed by atoms with van der Waals surface area (Å²) in [6, 6.07) is 8.22. The number of hydrazone groups is 1. The fourth-order valence-corrected chi connectivity index (χ4v) is 2.81. The van der Waals surface area contributed by atoms with Gasteiger partial charge in [-0.25, -0.2) is 5.43 Å². The average molecular weight is 368 g/mol. The molecular weight excluding hydrogens is 348 g/mol. The van der Waals surface area contributed by atoms with Gasteiger partial charge in [0.2, 0.25) is 0 Å². The lowest BCUT2D eigenvalue weighted by Gasteiger charge is -2.33. The van der Waals surface area contributed by atoms with Gasteiger partial charge in [0.1, 0.15) is 5.69 Å². The second kappa shape index (κ2) is 8.37. The van der Waals surface area contributed by atoms with Crippen LogP contribution in [0.1, 0.15) is 15.9 Å². The van der Waals surface area contributed by atoms with E-state index in [0.29, 0.717) is 16.8 Å². The highest BCUT2D eigenvalue weighted by atomic mass is 16.6. The molecule has 0 saturated carbocycles. The van der Waals surface area contributed by atoms with Crippen molar-refractivity contribution in [3.05, 3.63) is 64.0 Å². The van der Waals surface area contributed by atoms with Gasteiger partial charge in [-0.15, -0.1) is 0 Å². The predicted octanol–water partition coefficient (Wildman–Crippen LogP) is 1.51. The minimum absolute atomic E-state index is 0.0297. The van der Waals surface area contributed by atoms with E-state index in [-0.39, 0.29) is 10.6 Å². The van der Waals surface area contributed by atoms with Gasteiger partial charge in [0, 0.05) is 50.2 Å². The van der Waals surface area contributed by atoms with Crippen LogP contribution in [0, 0.1) is 10.1 Å². The van der Waals surface area contributed by atoms with E-state index in [1.54, 1.807) is 30.5 Å². The van der Waals surface area contributed by atoms with E-state index in [0.717, 1.165) is 26.2 Å². The number of rotatable bonds is 5.